The first kappa shape index (κ1) is 11.5. The van der Waals surface area contributed by atoms with Gasteiger partial charge in [-0.25, -0.2) is 4.39 Å². The van der Waals surface area contributed by atoms with E-state index in [0.717, 1.165) is 38.2 Å². The van der Waals surface area contributed by atoms with Gasteiger partial charge in [-0.3, -0.25) is 9.88 Å². The van der Waals surface area contributed by atoms with E-state index in [9.17, 15) is 4.39 Å². The molecule has 3 nitrogen and oxygen atoms in total. The predicted octanol–water partition coefficient (Wildman–Crippen LogP) is 1.40. The fourth-order valence-electron chi connectivity index (χ4n) is 2.19. The van der Waals surface area contributed by atoms with Crippen LogP contribution in [0.4, 0.5) is 4.39 Å². The van der Waals surface area contributed by atoms with Crippen LogP contribution in [0, 0.1) is 5.82 Å². The Kier molecular flexibility index (Phi) is 3.85. The topological polar surface area (TPSA) is 28.2 Å². The van der Waals surface area contributed by atoms with Gasteiger partial charge in [-0.2, -0.15) is 0 Å². The molecule has 1 aromatic heterocycles. The molecule has 2 rings (SSSR count). The summed E-state index contributed by atoms with van der Waals surface area (Å²) in [7, 11) is 0. The zero-order valence-electron chi connectivity index (χ0n) is 9.62. The molecule has 0 spiro atoms. The van der Waals surface area contributed by atoms with Gasteiger partial charge in [0.15, 0.2) is 0 Å². The van der Waals surface area contributed by atoms with Crippen LogP contribution < -0.4 is 5.32 Å². The van der Waals surface area contributed by atoms with Crippen molar-refractivity contribution < 1.29 is 4.39 Å². The zero-order chi connectivity index (χ0) is 11.4. The molecule has 1 fully saturated rings. The highest BCUT2D eigenvalue weighted by atomic mass is 19.1. The second-order valence-corrected chi connectivity index (χ2v) is 4.25. The predicted molar refractivity (Wildman–Crippen MR) is 61.6 cm³/mol. The van der Waals surface area contributed by atoms with Crippen molar-refractivity contribution in [2.75, 3.05) is 19.6 Å². The third kappa shape index (κ3) is 2.77. The van der Waals surface area contributed by atoms with Gasteiger partial charge in [0.25, 0.3) is 0 Å². The van der Waals surface area contributed by atoms with Crippen LogP contribution in [0.5, 0.6) is 0 Å². The smallest absolute Gasteiger partial charge is 0.141 e. The quantitative estimate of drug-likeness (QED) is 0.839. The summed E-state index contributed by atoms with van der Waals surface area (Å²) in [4.78, 5) is 6.28. The van der Waals surface area contributed by atoms with Gasteiger partial charge in [0.2, 0.25) is 0 Å². The van der Waals surface area contributed by atoms with Crippen molar-refractivity contribution in [3.05, 3.63) is 29.8 Å². The van der Waals surface area contributed by atoms with E-state index in [1.807, 2.05) is 0 Å². The molecular weight excluding hydrogens is 205 g/mol. The largest absolute Gasteiger partial charge is 0.314 e. The van der Waals surface area contributed by atoms with Gasteiger partial charge in [0.05, 0.1) is 6.20 Å². The molecule has 0 bridgehead atoms. The first-order chi connectivity index (χ1) is 7.79. The molecule has 0 amide bonds. The maximum Gasteiger partial charge on any atom is 0.141 e. The second-order valence-electron chi connectivity index (χ2n) is 4.25. The second kappa shape index (κ2) is 5.37. The van der Waals surface area contributed by atoms with Crippen LogP contribution in [-0.2, 0) is 6.54 Å². The SMILES string of the molecule is CCC1CNCCN1Cc1cncc(F)c1. The summed E-state index contributed by atoms with van der Waals surface area (Å²) in [5.41, 5.74) is 0.959. The van der Waals surface area contributed by atoms with E-state index in [1.54, 1.807) is 12.3 Å². The number of hydrogen-bond acceptors (Lipinski definition) is 3. The van der Waals surface area contributed by atoms with E-state index in [0.29, 0.717) is 6.04 Å². The Morgan fingerprint density at radius 1 is 1.56 bits per heavy atom. The molecule has 1 aliphatic rings. The van der Waals surface area contributed by atoms with Gasteiger partial charge in [-0.05, 0) is 18.1 Å². The third-order valence-electron chi connectivity index (χ3n) is 3.09. The van der Waals surface area contributed by atoms with Crippen LogP contribution in [0.3, 0.4) is 0 Å². The highest BCUT2D eigenvalue weighted by Gasteiger charge is 2.20. The number of halogens is 1. The summed E-state index contributed by atoms with van der Waals surface area (Å²) in [5.74, 6) is -0.249. The Morgan fingerprint density at radius 2 is 2.44 bits per heavy atom. The highest BCUT2D eigenvalue weighted by molar-refractivity contribution is 5.10. The molecular formula is C12H18FN3. The van der Waals surface area contributed by atoms with Crippen molar-refractivity contribution in [1.82, 2.24) is 15.2 Å². The molecule has 0 saturated carbocycles. The first-order valence-electron chi connectivity index (χ1n) is 5.83. The lowest BCUT2D eigenvalue weighted by Crippen LogP contribution is -2.50. The van der Waals surface area contributed by atoms with E-state index in [-0.39, 0.29) is 5.82 Å². The number of aromatic nitrogens is 1. The van der Waals surface area contributed by atoms with Crippen LogP contribution in [0.1, 0.15) is 18.9 Å². The van der Waals surface area contributed by atoms with Gasteiger partial charge in [0, 0.05) is 38.4 Å². The molecule has 16 heavy (non-hydrogen) atoms. The van der Waals surface area contributed by atoms with Crippen molar-refractivity contribution in [2.45, 2.75) is 25.9 Å². The lowest BCUT2D eigenvalue weighted by molar-refractivity contribution is 0.149. The molecule has 0 radical (unpaired) electrons. The van der Waals surface area contributed by atoms with Gasteiger partial charge in [-0.15, -0.1) is 0 Å². The number of piperazine rings is 1. The van der Waals surface area contributed by atoms with Crippen molar-refractivity contribution in [3.63, 3.8) is 0 Å². The molecule has 0 aromatic carbocycles. The number of nitrogens with one attached hydrogen (secondary N) is 1. The zero-order valence-corrected chi connectivity index (χ0v) is 9.62. The Bertz CT molecular complexity index is 343. The molecule has 1 aromatic rings. The normalized spacial score (nSPS) is 22.2. The number of hydrogen-bond donors (Lipinski definition) is 1. The molecule has 88 valence electrons. The van der Waals surface area contributed by atoms with Gasteiger partial charge >= 0.3 is 0 Å². The van der Waals surface area contributed by atoms with Crippen molar-refractivity contribution in [2.24, 2.45) is 0 Å². The minimum absolute atomic E-state index is 0.249. The maximum atomic E-state index is 13.0. The number of pyridine rings is 1. The summed E-state index contributed by atoms with van der Waals surface area (Å²) in [6.45, 7) is 6.05. The highest BCUT2D eigenvalue weighted by Crippen LogP contribution is 2.12. The van der Waals surface area contributed by atoms with Crippen LogP contribution >= 0.6 is 0 Å². The van der Waals surface area contributed by atoms with E-state index >= 15 is 0 Å². The molecule has 2 heterocycles. The third-order valence-corrected chi connectivity index (χ3v) is 3.09. The summed E-state index contributed by atoms with van der Waals surface area (Å²) in [6.07, 6.45) is 4.12. The molecule has 1 atom stereocenters. The first-order valence-corrected chi connectivity index (χ1v) is 5.83. The number of nitrogens with zero attached hydrogens (tertiary/aromatic N) is 2. The average molecular weight is 223 g/mol. The molecule has 4 heteroatoms. The van der Waals surface area contributed by atoms with Crippen LogP contribution in [0.15, 0.2) is 18.5 Å². The van der Waals surface area contributed by atoms with E-state index in [4.69, 9.17) is 0 Å². The standard InChI is InChI=1S/C12H18FN3/c1-2-12-8-14-3-4-16(12)9-10-5-11(13)7-15-6-10/h5-7,12,14H,2-4,8-9H2,1H3. The summed E-state index contributed by atoms with van der Waals surface area (Å²) >= 11 is 0. The van der Waals surface area contributed by atoms with Crippen molar-refractivity contribution in [1.29, 1.82) is 0 Å². The molecule has 1 saturated heterocycles. The summed E-state index contributed by atoms with van der Waals surface area (Å²) in [5, 5.41) is 3.38. The van der Waals surface area contributed by atoms with Crippen molar-refractivity contribution in [3.8, 4) is 0 Å². The Labute approximate surface area is 95.7 Å². The van der Waals surface area contributed by atoms with E-state index < -0.39 is 0 Å². The monoisotopic (exact) mass is 223 g/mol. The minimum atomic E-state index is -0.249. The number of rotatable bonds is 3. The lowest BCUT2D eigenvalue weighted by Gasteiger charge is -2.35. The molecule has 1 N–H and O–H groups in total. The fraction of sp³-hybridized carbons (Fsp3) is 0.583. The molecule has 0 aliphatic carbocycles. The Hall–Kier alpha value is -1.00. The van der Waals surface area contributed by atoms with Gasteiger partial charge in [-0.1, -0.05) is 6.92 Å². The van der Waals surface area contributed by atoms with E-state index in [1.165, 1.54) is 6.20 Å². The van der Waals surface area contributed by atoms with Crippen LogP contribution in [-0.4, -0.2) is 35.6 Å². The van der Waals surface area contributed by atoms with E-state index in [2.05, 4.69) is 22.1 Å². The Morgan fingerprint density at radius 3 is 3.19 bits per heavy atom. The fourth-order valence-corrected chi connectivity index (χ4v) is 2.19. The summed E-state index contributed by atoms with van der Waals surface area (Å²) < 4.78 is 13.0. The lowest BCUT2D eigenvalue weighted by atomic mass is 10.1. The van der Waals surface area contributed by atoms with Gasteiger partial charge < -0.3 is 5.32 Å². The average Bonchev–Trinajstić information content (AvgIpc) is 2.30. The van der Waals surface area contributed by atoms with Crippen LogP contribution in [0.2, 0.25) is 0 Å². The molecule has 1 unspecified atom stereocenters. The van der Waals surface area contributed by atoms with Crippen molar-refractivity contribution >= 4 is 0 Å². The maximum absolute atomic E-state index is 13.0. The summed E-state index contributed by atoms with van der Waals surface area (Å²) in [6, 6.07) is 2.12. The minimum Gasteiger partial charge on any atom is -0.314 e. The van der Waals surface area contributed by atoms with Crippen LogP contribution in [0.25, 0.3) is 0 Å². The molecule has 1 aliphatic heterocycles. The van der Waals surface area contributed by atoms with Gasteiger partial charge in [0.1, 0.15) is 5.82 Å². The Balaban J connectivity index is 2.02.